The van der Waals surface area contributed by atoms with E-state index in [-0.39, 0.29) is 5.03 Å². The van der Waals surface area contributed by atoms with Crippen molar-refractivity contribution in [3.63, 3.8) is 0 Å². The van der Waals surface area contributed by atoms with E-state index in [1.165, 1.54) is 18.3 Å². The molecule has 1 atom stereocenters. The van der Waals surface area contributed by atoms with Crippen LogP contribution in [-0.4, -0.2) is 13.7 Å². The maximum atomic E-state index is 10.3. The molecule has 0 aromatic carbocycles. The fourth-order valence-corrected chi connectivity index (χ4v) is 0.863. The fraction of sp³-hybridized carbons (Fsp3) is 0. The molecule has 0 radical (unpaired) electrons. The van der Waals surface area contributed by atoms with Gasteiger partial charge in [0.05, 0.1) is 5.56 Å². The third kappa shape index (κ3) is 1.83. The molecule has 4 nitrogen and oxygen atoms in total. The topological polar surface area (TPSA) is 76.8 Å². The summed E-state index contributed by atoms with van der Waals surface area (Å²) in [5.41, 5.74) is 0.346. The molecule has 0 saturated heterocycles. The summed E-state index contributed by atoms with van der Waals surface area (Å²) in [7, 11) is 0. The van der Waals surface area contributed by atoms with Crippen LogP contribution in [0.25, 0.3) is 0 Å². The van der Waals surface area contributed by atoms with Crippen molar-refractivity contribution >= 4 is 11.1 Å². The predicted octanol–water partition coefficient (Wildman–Crippen LogP) is 0.191. The first-order valence-corrected chi connectivity index (χ1v) is 3.77. The van der Waals surface area contributed by atoms with Gasteiger partial charge in [-0.15, -0.1) is 0 Å². The van der Waals surface area contributed by atoms with Crippen molar-refractivity contribution in [1.29, 1.82) is 5.26 Å². The van der Waals surface area contributed by atoms with Gasteiger partial charge >= 0.3 is 0 Å². The lowest BCUT2D eigenvalue weighted by Crippen LogP contribution is -1.92. The van der Waals surface area contributed by atoms with Gasteiger partial charge < -0.3 is 4.55 Å². The summed E-state index contributed by atoms with van der Waals surface area (Å²) >= 11 is -2.31. The Morgan fingerprint density at radius 2 is 2.36 bits per heavy atom. The minimum atomic E-state index is -2.31. The van der Waals surface area contributed by atoms with Crippen molar-refractivity contribution in [2.45, 2.75) is 5.03 Å². The van der Waals surface area contributed by atoms with Gasteiger partial charge in [-0.2, -0.15) is 5.26 Å². The second kappa shape index (κ2) is 3.23. The zero-order valence-corrected chi connectivity index (χ0v) is 6.17. The molecule has 0 aliphatic heterocycles. The van der Waals surface area contributed by atoms with Crippen LogP contribution in [0.2, 0.25) is 0 Å². The van der Waals surface area contributed by atoms with Crippen LogP contribution < -0.4 is 0 Å². The molecule has 1 unspecified atom stereocenters. The second-order valence-corrected chi connectivity index (χ2v) is 2.62. The van der Waals surface area contributed by atoms with Gasteiger partial charge in [0, 0.05) is 6.20 Å². The molecular formula is C6H3N2O2S-. The van der Waals surface area contributed by atoms with Crippen molar-refractivity contribution in [1.82, 2.24) is 4.98 Å². The number of hydrogen-bond donors (Lipinski definition) is 0. The van der Waals surface area contributed by atoms with Crippen molar-refractivity contribution in [2.24, 2.45) is 0 Å². The van der Waals surface area contributed by atoms with Crippen LogP contribution in [0, 0.1) is 11.3 Å². The van der Waals surface area contributed by atoms with Crippen molar-refractivity contribution in [3.8, 4) is 6.07 Å². The average Bonchev–Trinajstić information content (AvgIpc) is 2.05. The van der Waals surface area contributed by atoms with Gasteiger partial charge in [-0.3, -0.25) is 4.21 Å². The molecule has 1 aromatic heterocycles. The Morgan fingerprint density at radius 3 is 2.73 bits per heavy atom. The van der Waals surface area contributed by atoms with Crippen molar-refractivity contribution < 1.29 is 8.76 Å². The lowest BCUT2D eigenvalue weighted by molar-refractivity contribution is 0.533. The van der Waals surface area contributed by atoms with E-state index < -0.39 is 11.1 Å². The maximum absolute atomic E-state index is 10.3. The van der Waals surface area contributed by atoms with E-state index >= 15 is 0 Å². The summed E-state index contributed by atoms with van der Waals surface area (Å²) in [5, 5.41) is 8.27. The molecule has 0 aliphatic rings. The largest absolute Gasteiger partial charge is 0.767 e. The van der Waals surface area contributed by atoms with Gasteiger partial charge in [-0.05, 0) is 23.2 Å². The molecule has 1 rings (SSSR count). The van der Waals surface area contributed by atoms with E-state index in [1.54, 1.807) is 0 Å². The number of aromatic nitrogens is 1. The molecule has 1 heterocycles. The Kier molecular flexibility index (Phi) is 2.31. The molecule has 56 valence electrons. The van der Waals surface area contributed by atoms with Gasteiger partial charge in [-0.1, -0.05) is 0 Å². The number of rotatable bonds is 1. The molecule has 0 N–H and O–H groups in total. The third-order valence-electron chi connectivity index (χ3n) is 1.04. The van der Waals surface area contributed by atoms with Crippen LogP contribution in [0.3, 0.4) is 0 Å². The monoisotopic (exact) mass is 167 g/mol. The van der Waals surface area contributed by atoms with E-state index in [9.17, 15) is 8.76 Å². The summed E-state index contributed by atoms with van der Waals surface area (Å²) in [6.45, 7) is 0. The Balaban J connectivity index is 3.03. The normalized spacial score (nSPS) is 12.0. The highest BCUT2D eigenvalue weighted by atomic mass is 32.2. The average molecular weight is 167 g/mol. The molecule has 0 aliphatic carbocycles. The quantitative estimate of drug-likeness (QED) is 0.559. The Bertz CT molecular complexity index is 314. The fourth-order valence-electron chi connectivity index (χ4n) is 0.545. The second-order valence-electron chi connectivity index (χ2n) is 1.73. The lowest BCUT2D eigenvalue weighted by atomic mass is 10.3. The number of nitrogens with zero attached hydrogens (tertiary/aromatic N) is 2. The van der Waals surface area contributed by atoms with E-state index in [0.29, 0.717) is 5.56 Å². The van der Waals surface area contributed by atoms with Crippen LogP contribution >= 0.6 is 0 Å². The van der Waals surface area contributed by atoms with Gasteiger partial charge in [-0.25, -0.2) is 4.98 Å². The molecule has 0 spiro atoms. The highest BCUT2D eigenvalue weighted by molar-refractivity contribution is 7.79. The highest BCUT2D eigenvalue weighted by Gasteiger charge is 1.93. The molecule has 11 heavy (non-hydrogen) atoms. The first-order chi connectivity index (χ1) is 5.24. The third-order valence-corrected chi connectivity index (χ3v) is 1.62. The Labute approximate surface area is 65.8 Å². The van der Waals surface area contributed by atoms with Gasteiger partial charge in [0.2, 0.25) is 0 Å². The van der Waals surface area contributed by atoms with Crippen LogP contribution in [0.5, 0.6) is 0 Å². The zero-order valence-electron chi connectivity index (χ0n) is 5.35. The first-order valence-electron chi connectivity index (χ1n) is 2.69. The van der Waals surface area contributed by atoms with Gasteiger partial charge in [0.25, 0.3) is 0 Å². The van der Waals surface area contributed by atoms with Crippen LogP contribution in [0.15, 0.2) is 23.4 Å². The summed E-state index contributed by atoms with van der Waals surface area (Å²) in [6.07, 6.45) is 1.21. The van der Waals surface area contributed by atoms with Crippen molar-refractivity contribution in [2.75, 3.05) is 0 Å². The Hall–Kier alpha value is -1.25. The standard InChI is InChI=1S/C6H4N2O2S/c7-3-5-1-2-6(8-4-5)11(9)10/h1-2,4H,(H,9,10)/p-1. The zero-order chi connectivity index (χ0) is 8.27. The predicted molar refractivity (Wildman–Crippen MR) is 36.1 cm³/mol. The Morgan fingerprint density at radius 1 is 1.64 bits per heavy atom. The maximum Gasteiger partial charge on any atom is 0.113 e. The number of pyridine rings is 1. The van der Waals surface area contributed by atoms with E-state index in [4.69, 9.17) is 5.26 Å². The molecule has 0 saturated carbocycles. The summed E-state index contributed by atoms with van der Waals surface area (Å²) in [4.78, 5) is 3.51. The number of hydrogen-bond acceptors (Lipinski definition) is 4. The highest BCUT2D eigenvalue weighted by Crippen LogP contribution is 2.00. The molecule has 1 aromatic rings. The van der Waals surface area contributed by atoms with Crippen molar-refractivity contribution in [3.05, 3.63) is 23.9 Å². The smallest absolute Gasteiger partial charge is 0.113 e. The minimum absolute atomic E-state index is 0.0519. The van der Waals surface area contributed by atoms with Crippen LogP contribution in [0.4, 0.5) is 0 Å². The SMILES string of the molecule is N#Cc1ccc(S(=O)[O-])nc1. The molecule has 5 heteroatoms. The molecule has 0 amide bonds. The molecule has 0 bridgehead atoms. The molecular weight excluding hydrogens is 164 g/mol. The van der Waals surface area contributed by atoms with Gasteiger partial charge in [0.1, 0.15) is 11.1 Å². The van der Waals surface area contributed by atoms with E-state index in [0.717, 1.165) is 0 Å². The summed E-state index contributed by atoms with van der Waals surface area (Å²) < 4.78 is 20.5. The summed E-state index contributed by atoms with van der Waals surface area (Å²) in [5.74, 6) is 0. The number of nitriles is 1. The van der Waals surface area contributed by atoms with Gasteiger partial charge in [0.15, 0.2) is 0 Å². The van der Waals surface area contributed by atoms with E-state index in [2.05, 4.69) is 4.98 Å². The van der Waals surface area contributed by atoms with Crippen LogP contribution in [-0.2, 0) is 11.1 Å². The minimum Gasteiger partial charge on any atom is -0.767 e. The molecule has 0 fully saturated rings. The van der Waals surface area contributed by atoms with E-state index in [1.807, 2.05) is 6.07 Å². The summed E-state index contributed by atoms with van der Waals surface area (Å²) in [6, 6.07) is 4.51. The lowest BCUT2D eigenvalue weighted by Gasteiger charge is -2.01. The first kappa shape index (κ1) is 7.85. The van der Waals surface area contributed by atoms with Crippen LogP contribution in [0.1, 0.15) is 5.56 Å².